The van der Waals surface area contributed by atoms with Gasteiger partial charge in [-0.2, -0.15) is 0 Å². The second-order valence-electron chi connectivity index (χ2n) is 4.68. The fourth-order valence-corrected chi connectivity index (χ4v) is 1.94. The number of hydrogen-bond acceptors (Lipinski definition) is 3. The molecule has 114 valence electrons. The predicted molar refractivity (Wildman–Crippen MR) is 84.7 cm³/mol. The van der Waals surface area contributed by atoms with Gasteiger partial charge < -0.3 is 14.9 Å². The van der Waals surface area contributed by atoms with Gasteiger partial charge in [0.05, 0.1) is 6.54 Å². The van der Waals surface area contributed by atoms with Crippen molar-refractivity contribution in [1.29, 1.82) is 0 Å². The van der Waals surface area contributed by atoms with Crippen molar-refractivity contribution in [3.63, 3.8) is 0 Å². The molecule has 0 aromatic heterocycles. The Bertz CT molecular complexity index is 556. The summed E-state index contributed by atoms with van der Waals surface area (Å²) in [6.45, 7) is 2.89. The van der Waals surface area contributed by atoms with Gasteiger partial charge in [-0.3, -0.25) is 4.79 Å². The highest BCUT2D eigenvalue weighted by Gasteiger charge is 2.12. The number of benzene rings is 1. The Morgan fingerprint density at radius 3 is 2.48 bits per heavy atom. The minimum absolute atomic E-state index is 0.00261. The van der Waals surface area contributed by atoms with Crippen LogP contribution in [0.1, 0.15) is 12.5 Å². The molecule has 0 unspecified atom stereocenters. The van der Waals surface area contributed by atoms with Crippen molar-refractivity contribution in [1.82, 2.24) is 4.90 Å². The molecule has 0 bridgehead atoms. The van der Waals surface area contributed by atoms with E-state index in [9.17, 15) is 9.59 Å². The van der Waals surface area contributed by atoms with E-state index in [-0.39, 0.29) is 12.5 Å². The van der Waals surface area contributed by atoms with Crippen LogP contribution in [0.5, 0.6) is 0 Å². The van der Waals surface area contributed by atoms with Crippen LogP contribution in [0.3, 0.4) is 0 Å². The molecule has 0 aliphatic carbocycles. The van der Waals surface area contributed by atoms with Crippen LogP contribution in [0.2, 0.25) is 5.02 Å². The summed E-state index contributed by atoms with van der Waals surface area (Å²) in [4.78, 5) is 25.7. The van der Waals surface area contributed by atoms with Crippen LogP contribution in [0.15, 0.2) is 24.3 Å². The zero-order valence-electron chi connectivity index (χ0n) is 12.3. The van der Waals surface area contributed by atoms with E-state index < -0.39 is 5.97 Å². The summed E-state index contributed by atoms with van der Waals surface area (Å²) in [5, 5.41) is 9.06. The van der Waals surface area contributed by atoms with Crippen molar-refractivity contribution in [2.24, 2.45) is 0 Å². The van der Waals surface area contributed by atoms with E-state index >= 15 is 0 Å². The SMILES string of the molecule is CCN(CC(=O)N(C)C)c1ccc(/C=C/C(=O)O)c(Cl)c1. The summed E-state index contributed by atoms with van der Waals surface area (Å²) in [6.07, 6.45) is 2.48. The van der Waals surface area contributed by atoms with Crippen LogP contribution < -0.4 is 4.90 Å². The van der Waals surface area contributed by atoms with Crippen molar-refractivity contribution >= 4 is 35.2 Å². The van der Waals surface area contributed by atoms with E-state index in [2.05, 4.69) is 0 Å². The molecule has 0 radical (unpaired) electrons. The van der Waals surface area contributed by atoms with Gasteiger partial charge in [0.1, 0.15) is 0 Å². The minimum Gasteiger partial charge on any atom is -0.478 e. The van der Waals surface area contributed by atoms with Gasteiger partial charge in [-0.05, 0) is 30.7 Å². The highest BCUT2D eigenvalue weighted by Crippen LogP contribution is 2.24. The van der Waals surface area contributed by atoms with Gasteiger partial charge in [-0.15, -0.1) is 0 Å². The number of hydrogen-bond donors (Lipinski definition) is 1. The molecule has 0 atom stereocenters. The topological polar surface area (TPSA) is 60.9 Å². The van der Waals surface area contributed by atoms with E-state index in [1.807, 2.05) is 17.9 Å². The highest BCUT2D eigenvalue weighted by atomic mass is 35.5. The van der Waals surface area contributed by atoms with Gasteiger partial charge in [0, 0.05) is 37.4 Å². The highest BCUT2D eigenvalue weighted by molar-refractivity contribution is 6.32. The molecule has 21 heavy (non-hydrogen) atoms. The molecule has 1 aromatic rings. The quantitative estimate of drug-likeness (QED) is 0.819. The molecule has 1 rings (SSSR count). The molecular weight excluding hydrogens is 292 g/mol. The standard InChI is InChI=1S/C15H19ClN2O3/c1-4-18(10-14(19)17(2)3)12-7-5-11(13(16)9-12)6-8-15(20)21/h5-9H,4,10H2,1-3H3,(H,20,21)/b8-6+. The van der Waals surface area contributed by atoms with E-state index in [0.29, 0.717) is 17.1 Å². The minimum atomic E-state index is -1.03. The van der Waals surface area contributed by atoms with Crippen LogP contribution >= 0.6 is 11.6 Å². The molecule has 0 saturated heterocycles. The van der Waals surface area contributed by atoms with E-state index in [4.69, 9.17) is 16.7 Å². The Hall–Kier alpha value is -2.01. The first-order valence-corrected chi connectivity index (χ1v) is 6.88. The maximum atomic E-state index is 11.8. The van der Waals surface area contributed by atoms with E-state index in [1.54, 1.807) is 26.2 Å². The number of halogens is 1. The maximum absolute atomic E-state index is 11.8. The molecule has 0 saturated carbocycles. The van der Waals surface area contributed by atoms with E-state index in [0.717, 1.165) is 11.8 Å². The Kier molecular flexibility index (Phi) is 6.24. The lowest BCUT2D eigenvalue weighted by molar-refractivity contribution is -0.131. The van der Waals surface area contributed by atoms with Crippen molar-refractivity contribution in [2.75, 3.05) is 32.1 Å². The average molecular weight is 311 g/mol. The normalized spacial score (nSPS) is 10.7. The Morgan fingerprint density at radius 1 is 1.33 bits per heavy atom. The number of amides is 1. The molecule has 0 aliphatic heterocycles. The summed E-state index contributed by atoms with van der Waals surface area (Å²) >= 11 is 6.15. The zero-order valence-corrected chi connectivity index (χ0v) is 13.1. The van der Waals surface area contributed by atoms with Gasteiger partial charge in [0.15, 0.2) is 0 Å². The lowest BCUT2D eigenvalue weighted by Crippen LogP contribution is -2.36. The Labute approximate surface area is 129 Å². The third-order valence-electron chi connectivity index (χ3n) is 2.96. The van der Waals surface area contributed by atoms with E-state index in [1.165, 1.54) is 11.0 Å². The number of likely N-dealkylation sites (N-methyl/N-ethyl adjacent to an activating group) is 2. The molecule has 1 N–H and O–H groups in total. The van der Waals surface area contributed by atoms with Crippen LogP contribution in [0, 0.1) is 0 Å². The number of nitrogens with zero attached hydrogens (tertiary/aromatic N) is 2. The van der Waals surface area contributed by atoms with Crippen LogP contribution in [-0.4, -0.2) is 49.1 Å². The second-order valence-corrected chi connectivity index (χ2v) is 5.09. The smallest absolute Gasteiger partial charge is 0.328 e. The van der Waals surface area contributed by atoms with Gasteiger partial charge >= 0.3 is 5.97 Å². The maximum Gasteiger partial charge on any atom is 0.328 e. The Balaban J connectivity index is 2.95. The molecule has 6 heteroatoms. The number of carbonyl (C=O) groups is 2. The molecule has 0 aliphatic rings. The van der Waals surface area contributed by atoms with Crippen molar-refractivity contribution < 1.29 is 14.7 Å². The summed E-state index contributed by atoms with van der Waals surface area (Å²) in [5.74, 6) is -1.02. The number of carbonyl (C=O) groups excluding carboxylic acids is 1. The van der Waals surface area contributed by atoms with Gasteiger partial charge in [0.2, 0.25) is 5.91 Å². The molecule has 0 spiro atoms. The molecule has 5 nitrogen and oxygen atoms in total. The largest absolute Gasteiger partial charge is 0.478 e. The average Bonchev–Trinajstić information content (AvgIpc) is 2.42. The van der Waals surface area contributed by atoms with Crippen LogP contribution in [0.25, 0.3) is 6.08 Å². The summed E-state index contributed by atoms with van der Waals surface area (Å²) in [6, 6.07) is 5.29. The van der Waals surface area contributed by atoms with Crippen molar-refractivity contribution in [3.8, 4) is 0 Å². The second kappa shape index (κ2) is 7.69. The predicted octanol–water partition coefficient (Wildman–Crippen LogP) is 2.35. The third kappa shape index (κ3) is 5.11. The number of carboxylic acid groups (broad SMARTS) is 1. The summed E-state index contributed by atoms with van der Waals surface area (Å²) in [5.41, 5.74) is 1.45. The molecular formula is C15H19ClN2O3. The zero-order chi connectivity index (χ0) is 16.0. The monoisotopic (exact) mass is 310 g/mol. The van der Waals surface area contributed by atoms with Crippen molar-refractivity contribution in [3.05, 3.63) is 34.9 Å². The fraction of sp³-hybridized carbons (Fsp3) is 0.333. The number of anilines is 1. The molecule has 0 heterocycles. The lowest BCUT2D eigenvalue weighted by atomic mass is 10.1. The molecule has 0 fully saturated rings. The first-order chi connectivity index (χ1) is 9.85. The number of carboxylic acids is 1. The molecule has 1 aromatic carbocycles. The van der Waals surface area contributed by atoms with Crippen LogP contribution in [0.4, 0.5) is 5.69 Å². The summed E-state index contributed by atoms with van der Waals surface area (Å²) < 4.78 is 0. The fourth-order valence-electron chi connectivity index (χ4n) is 1.70. The van der Waals surface area contributed by atoms with Gasteiger partial charge in [0.25, 0.3) is 0 Å². The first kappa shape index (κ1) is 17.0. The van der Waals surface area contributed by atoms with Gasteiger partial charge in [-0.1, -0.05) is 17.7 Å². The number of aliphatic carboxylic acids is 1. The lowest BCUT2D eigenvalue weighted by Gasteiger charge is -2.24. The number of rotatable bonds is 6. The third-order valence-corrected chi connectivity index (χ3v) is 3.29. The van der Waals surface area contributed by atoms with Gasteiger partial charge in [-0.25, -0.2) is 4.79 Å². The van der Waals surface area contributed by atoms with Crippen LogP contribution in [-0.2, 0) is 9.59 Å². The summed E-state index contributed by atoms with van der Waals surface area (Å²) in [7, 11) is 3.42. The van der Waals surface area contributed by atoms with Crippen molar-refractivity contribution in [2.45, 2.75) is 6.92 Å². The Morgan fingerprint density at radius 2 is 2.00 bits per heavy atom. The molecule has 1 amide bonds. The first-order valence-electron chi connectivity index (χ1n) is 6.50.